The molecule has 78 valence electrons. The van der Waals surface area contributed by atoms with E-state index in [9.17, 15) is 0 Å². The fourth-order valence-corrected chi connectivity index (χ4v) is 1.99. The molecule has 3 aromatic rings. The van der Waals surface area contributed by atoms with E-state index in [0.29, 0.717) is 0 Å². The molecule has 0 N–H and O–H groups in total. The lowest BCUT2D eigenvalue weighted by Gasteiger charge is -2.01. The van der Waals surface area contributed by atoms with E-state index in [-0.39, 0.29) is 0 Å². The zero-order valence-corrected chi connectivity index (χ0v) is 9.09. The number of hydrogen-bond donors (Lipinski definition) is 0. The maximum atomic E-state index is 4.58. The molecule has 0 fully saturated rings. The van der Waals surface area contributed by atoms with Crippen LogP contribution in [-0.2, 0) is 0 Å². The second-order valence-corrected chi connectivity index (χ2v) is 3.85. The third kappa shape index (κ3) is 1.31. The van der Waals surface area contributed by atoms with Crippen LogP contribution in [0, 0.1) is 6.92 Å². The van der Waals surface area contributed by atoms with Crippen LogP contribution in [0.3, 0.4) is 0 Å². The van der Waals surface area contributed by atoms with Crippen molar-refractivity contribution in [2.45, 2.75) is 6.92 Å². The Morgan fingerprint density at radius 1 is 0.875 bits per heavy atom. The Hall–Kier alpha value is -2.09. The molecule has 0 radical (unpaired) electrons. The van der Waals surface area contributed by atoms with Gasteiger partial charge in [0.2, 0.25) is 0 Å². The van der Waals surface area contributed by atoms with Crippen molar-refractivity contribution in [1.82, 2.24) is 9.78 Å². The van der Waals surface area contributed by atoms with Crippen molar-refractivity contribution in [1.29, 1.82) is 0 Å². The number of fused-ring (bicyclic) bond motifs is 1. The zero-order valence-electron chi connectivity index (χ0n) is 9.09. The summed E-state index contributed by atoms with van der Waals surface area (Å²) in [5, 5.41) is 5.79. The average molecular weight is 208 g/mol. The molecule has 0 bridgehead atoms. The van der Waals surface area contributed by atoms with Crippen LogP contribution in [0.4, 0.5) is 0 Å². The number of aryl methyl sites for hydroxylation is 1. The molecule has 3 rings (SSSR count). The van der Waals surface area contributed by atoms with Crippen LogP contribution in [-0.4, -0.2) is 9.78 Å². The lowest BCUT2D eigenvalue weighted by atomic mass is 10.2. The van der Waals surface area contributed by atoms with Crippen molar-refractivity contribution in [2.24, 2.45) is 0 Å². The van der Waals surface area contributed by atoms with Gasteiger partial charge in [0.25, 0.3) is 0 Å². The highest BCUT2D eigenvalue weighted by Gasteiger charge is 2.06. The van der Waals surface area contributed by atoms with E-state index in [1.54, 1.807) is 0 Å². The molecule has 2 aromatic carbocycles. The highest BCUT2D eigenvalue weighted by atomic mass is 15.3. The molecule has 0 aliphatic carbocycles. The van der Waals surface area contributed by atoms with Gasteiger partial charge in [0.05, 0.1) is 16.9 Å². The lowest BCUT2D eigenvalue weighted by molar-refractivity contribution is 0.889. The smallest absolute Gasteiger partial charge is 0.0743 e. The second kappa shape index (κ2) is 3.49. The summed E-state index contributed by atoms with van der Waals surface area (Å²) in [5.41, 5.74) is 3.33. The summed E-state index contributed by atoms with van der Waals surface area (Å²) < 4.78 is 1.99. The zero-order chi connectivity index (χ0) is 11.0. The van der Waals surface area contributed by atoms with E-state index in [0.717, 1.165) is 16.9 Å². The molecule has 0 atom stereocenters. The van der Waals surface area contributed by atoms with Gasteiger partial charge >= 0.3 is 0 Å². The first-order chi connectivity index (χ1) is 7.86. The Bertz CT molecular complexity index is 624. The molecule has 0 aliphatic heterocycles. The van der Waals surface area contributed by atoms with Crippen LogP contribution < -0.4 is 0 Å². The first kappa shape index (κ1) is 9.16. The summed E-state index contributed by atoms with van der Waals surface area (Å²) in [6.45, 7) is 2.04. The van der Waals surface area contributed by atoms with Gasteiger partial charge in [-0.25, -0.2) is 4.68 Å². The monoisotopic (exact) mass is 208 g/mol. The summed E-state index contributed by atoms with van der Waals surface area (Å²) in [6.07, 6.45) is 0. The maximum absolute atomic E-state index is 4.58. The van der Waals surface area contributed by atoms with Gasteiger partial charge < -0.3 is 0 Å². The molecule has 16 heavy (non-hydrogen) atoms. The van der Waals surface area contributed by atoms with Gasteiger partial charge in [0, 0.05) is 5.39 Å². The fourth-order valence-electron chi connectivity index (χ4n) is 1.99. The van der Waals surface area contributed by atoms with Crippen molar-refractivity contribution in [2.75, 3.05) is 0 Å². The second-order valence-electron chi connectivity index (χ2n) is 3.85. The molecular formula is C14H12N2. The number of nitrogens with zero attached hydrogens (tertiary/aromatic N) is 2. The van der Waals surface area contributed by atoms with E-state index >= 15 is 0 Å². The largest absolute Gasteiger partial charge is 0.233 e. The minimum Gasteiger partial charge on any atom is -0.233 e. The van der Waals surface area contributed by atoms with Crippen LogP contribution in [0.5, 0.6) is 0 Å². The molecule has 0 unspecified atom stereocenters. The standard InChI is InChI=1S/C14H12N2/c1-11-13-9-5-6-10-14(13)16(15-11)12-7-3-2-4-8-12/h2-10H,1H3. The van der Waals surface area contributed by atoms with Gasteiger partial charge in [-0.3, -0.25) is 0 Å². The quantitative estimate of drug-likeness (QED) is 0.599. The SMILES string of the molecule is Cc1nn(-c2ccccc2)c2ccccc12. The Morgan fingerprint density at radius 3 is 2.38 bits per heavy atom. The van der Waals surface area contributed by atoms with E-state index in [2.05, 4.69) is 29.4 Å². The highest BCUT2D eigenvalue weighted by molar-refractivity contribution is 5.83. The Morgan fingerprint density at radius 2 is 1.56 bits per heavy atom. The minimum absolute atomic E-state index is 1.07. The minimum atomic E-state index is 1.07. The number of rotatable bonds is 1. The van der Waals surface area contributed by atoms with Crippen molar-refractivity contribution in [3.05, 3.63) is 60.3 Å². The normalized spacial score (nSPS) is 10.8. The van der Waals surface area contributed by atoms with E-state index < -0.39 is 0 Å². The Kier molecular flexibility index (Phi) is 2.00. The molecule has 2 heteroatoms. The number of para-hydroxylation sites is 2. The summed E-state index contributed by atoms with van der Waals surface area (Å²) in [5.74, 6) is 0. The molecule has 0 saturated heterocycles. The third-order valence-electron chi connectivity index (χ3n) is 2.77. The molecular weight excluding hydrogens is 196 g/mol. The molecule has 0 spiro atoms. The first-order valence-corrected chi connectivity index (χ1v) is 5.36. The molecule has 1 heterocycles. The maximum Gasteiger partial charge on any atom is 0.0743 e. The highest BCUT2D eigenvalue weighted by Crippen LogP contribution is 2.20. The van der Waals surface area contributed by atoms with Gasteiger partial charge in [0.1, 0.15) is 0 Å². The first-order valence-electron chi connectivity index (χ1n) is 5.36. The lowest BCUT2D eigenvalue weighted by Crippen LogP contribution is -1.95. The summed E-state index contributed by atoms with van der Waals surface area (Å²) in [6, 6.07) is 18.5. The van der Waals surface area contributed by atoms with Crippen LogP contribution in [0.1, 0.15) is 5.69 Å². The van der Waals surface area contributed by atoms with E-state index in [1.807, 2.05) is 41.9 Å². The van der Waals surface area contributed by atoms with Crippen LogP contribution >= 0.6 is 0 Å². The third-order valence-corrected chi connectivity index (χ3v) is 2.77. The number of hydrogen-bond acceptors (Lipinski definition) is 1. The van der Waals surface area contributed by atoms with Crippen molar-refractivity contribution in [3.63, 3.8) is 0 Å². The fraction of sp³-hybridized carbons (Fsp3) is 0.0714. The Balaban J connectivity index is 2.33. The van der Waals surface area contributed by atoms with Gasteiger partial charge in [-0.2, -0.15) is 5.10 Å². The summed E-state index contributed by atoms with van der Waals surface area (Å²) >= 11 is 0. The molecule has 1 aromatic heterocycles. The predicted molar refractivity (Wildman–Crippen MR) is 65.8 cm³/mol. The van der Waals surface area contributed by atoms with Gasteiger partial charge in [0.15, 0.2) is 0 Å². The van der Waals surface area contributed by atoms with Gasteiger partial charge in [-0.1, -0.05) is 36.4 Å². The number of aromatic nitrogens is 2. The summed E-state index contributed by atoms with van der Waals surface area (Å²) in [7, 11) is 0. The van der Waals surface area contributed by atoms with Crippen molar-refractivity contribution in [3.8, 4) is 5.69 Å². The van der Waals surface area contributed by atoms with Crippen molar-refractivity contribution < 1.29 is 0 Å². The van der Waals surface area contributed by atoms with Crippen LogP contribution in [0.15, 0.2) is 54.6 Å². The van der Waals surface area contributed by atoms with Gasteiger partial charge in [-0.15, -0.1) is 0 Å². The van der Waals surface area contributed by atoms with Crippen LogP contribution in [0.2, 0.25) is 0 Å². The molecule has 0 aliphatic rings. The Labute approximate surface area is 94.1 Å². The van der Waals surface area contributed by atoms with Crippen molar-refractivity contribution >= 4 is 10.9 Å². The van der Waals surface area contributed by atoms with Crippen LogP contribution in [0.25, 0.3) is 16.6 Å². The van der Waals surface area contributed by atoms with E-state index in [4.69, 9.17) is 0 Å². The topological polar surface area (TPSA) is 17.8 Å². The predicted octanol–water partition coefficient (Wildman–Crippen LogP) is 3.33. The number of benzene rings is 2. The van der Waals surface area contributed by atoms with E-state index in [1.165, 1.54) is 5.39 Å². The molecule has 2 nitrogen and oxygen atoms in total. The average Bonchev–Trinajstić information content (AvgIpc) is 2.69. The summed E-state index contributed by atoms with van der Waals surface area (Å²) in [4.78, 5) is 0. The van der Waals surface area contributed by atoms with Gasteiger partial charge in [-0.05, 0) is 25.1 Å². The molecule has 0 saturated carbocycles. The molecule has 0 amide bonds.